The van der Waals surface area contributed by atoms with Gasteiger partial charge in [0.25, 0.3) is 11.8 Å². The van der Waals surface area contributed by atoms with Crippen LogP contribution in [0, 0.1) is 0 Å². The fraction of sp³-hybridized carbons (Fsp3) is 0. The number of fused-ring (bicyclic) bond motifs is 1. The van der Waals surface area contributed by atoms with Gasteiger partial charge in [-0.15, -0.1) is 0 Å². The number of hydrogen-bond acceptors (Lipinski definition) is 6. The van der Waals surface area contributed by atoms with Crippen molar-refractivity contribution in [2.75, 3.05) is 0 Å². The van der Waals surface area contributed by atoms with Gasteiger partial charge in [-0.25, -0.2) is 4.79 Å². The van der Waals surface area contributed by atoms with Crippen LogP contribution in [-0.2, 0) is 4.84 Å². The summed E-state index contributed by atoms with van der Waals surface area (Å²) in [5.74, 6) is -2.16. The third-order valence-electron chi connectivity index (χ3n) is 3.76. The molecule has 0 unspecified atom stereocenters. The van der Waals surface area contributed by atoms with E-state index in [9.17, 15) is 14.4 Å². The third kappa shape index (κ3) is 2.77. The molecule has 1 aliphatic heterocycles. The van der Waals surface area contributed by atoms with Crippen molar-refractivity contribution in [3.63, 3.8) is 0 Å². The molecule has 0 atom stereocenters. The van der Waals surface area contributed by atoms with Crippen LogP contribution in [0.5, 0.6) is 0 Å². The maximum Gasteiger partial charge on any atom is 0.375 e. The molecule has 8 heteroatoms. The van der Waals surface area contributed by atoms with Crippen LogP contribution in [0.2, 0.25) is 5.02 Å². The largest absolute Gasteiger partial charge is 0.375 e. The van der Waals surface area contributed by atoms with E-state index in [1.54, 1.807) is 36.4 Å². The van der Waals surface area contributed by atoms with Crippen LogP contribution in [0.3, 0.4) is 0 Å². The van der Waals surface area contributed by atoms with Gasteiger partial charge in [-0.2, -0.15) is 4.37 Å². The highest BCUT2D eigenvalue weighted by atomic mass is 35.5. The summed E-state index contributed by atoms with van der Waals surface area (Å²) in [6.45, 7) is 0. The number of amides is 2. The first-order valence-corrected chi connectivity index (χ1v) is 8.62. The summed E-state index contributed by atoms with van der Waals surface area (Å²) in [7, 11) is 0. The molecule has 2 aromatic carbocycles. The second kappa shape index (κ2) is 6.36. The predicted molar refractivity (Wildman–Crippen MR) is 94.9 cm³/mol. The molecule has 4 rings (SSSR count). The zero-order valence-electron chi connectivity index (χ0n) is 13.0. The molecule has 26 heavy (non-hydrogen) atoms. The summed E-state index contributed by atoms with van der Waals surface area (Å²) < 4.78 is 4.19. The third-order valence-corrected chi connectivity index (χ3v) is 4.77. The number of nitrogens with zero attached hydrogens (tertiary/aromatic N) is 2. The molecule has 0 fully saturated rings. The van der Waals surface area contributed by atoms with E-state index in [1.165, 1.54) is 18.2 Å². The molecule has 0 aliphatic carbocycles. The highest BCUT2D eigenvalue weighted by Crippen LogP contribution is 2.27. The van der Waals surface area contributed by atoms with Gasteiger partial charge in [-0.1, -0.05) is 40.9 Å². The van der Waals surface area contributed by atoms with Gasteiger partial charge in [0.1, 0.15) is 4.88 Å². The monoisotopic (exact) mass is 384 g/mol. The molecule has 6 nitrogen and oxygen atoms in total. The minimum atomic E-state index is -0.828. The zero-order valence-corrected chi connectivity index (χ0v) is 14.6. The topological polar surface area (TPSA) is 76.6 Å². The number of rotatable bonds is 3. The van der Waals surface area contributed by atoms with Crippen molar-refractivity contribution in [2.24, 2.45) is 0 Å². The number of carbonyl (C=O) groups is 3. The first-order valence-electron chi connectivity index (χ1n) is 7.47. The number of halogens is 1. The van der Waals surface area contributed by atoms with Gasteiger partial charge in [0.15, 0.2) is 0 Å². The molecule has 0 saturated carbocycles. The lowest BCUT2D eigenvalue weighted by Gasteiger charge is -2.11. The first kappa shape index (κ1) is 16.4. The van der Waals surface area contributed by atoms with E-state index in [-0.39, 0.29) is 16.0 Å². The molecule has 1 aliphatic rings. The fourth-order valence-electron chi connectivity index (χ4n) is 2.53. The van der Waals surface area contributed by atoms with Crippen molar-refractivity contribution >= 4 is 40.9 Å². The number of hydrogen-bond donors (Lipinski definition) is 0. The molecule has 128 valence electrons. The summed E-state index contributed by atoms with van der Waals surface area (Å²) in [5.41, 5.74) is 1.70. The standard InChI is InChI=1S/C18H9ClN2O4S/c19-11-5-3-4-10(8-11)14-9-15(26-20-14)18(24)25-21-16(22)12-6-1-2-7-13(12)17(21)23/h1-9H. The Balaban J connectivity index is 1.55. The second-order valence-corrected chi connectivity index (χ2v) is 6.66. The van der Waals surface area contributed by atoms with Crippen LogP contribution in [0.1, 0.15) is 30.4 Å². The Labute approximate surface area is 156 Å². The Morgan fingerprint density at radius 3 is 2.35 bits per heavy atom. The lowest BCUT2D eigenvalue weighted by atomic mass is 10.1. The average molecular weight is 385 g/mol. The van der Waals surface area contributed by atoms with Gasteiger partial charge >= 0.3 is 5.97 Å². The van der Waals surface area contributed by atoms with Crippen molar-refractivity contribution in [1.82, 2.24) is 9.44 Å². The molecule has 0 N–H and O–H groups in total. The molecule has 2 heterocycles. The zero-order chi connectivity index (χ0) is 18.3. The Morgan fingerprint density at radius 2 is 1.69 bits per heavy atom. The fourth-order valence-corrected chi connectivity index (χ4v) is 3.35. The van der Waals surface area contributed by atoms with Crippen LogP contribution < -0.4 is 0 Å². The Bertz CT molecular complexity index is 1030. The molecule has 3 aromatic rings. The van der Waals surface area contributed by atoms with Gasteiger partial charge in [0.2, 0.25) is 0 Å². The van der Waals surface area contributed by atoms with E-state index in [4.69, 9.17) is 16.4 Å². The maximum absolute atomic E-state index is 12.3. The lowest BCUT2D eigenvalue weighted by molar-refractivity contribution is -0.0581. The molecule has 0 radical (unpaired) electrons. The molecular weight excluding hydrogens is 376 g/mol. The SMILES string of the molecule is O=C(ON1C(=O)c2ccccc2C1=O)c1cc(-c2cccc(Cl)c2)ns1. The number of aromatic nitrogens is 1. The minimum Gasteiger partial charge on any atom is -0.323 e. The molecule has 0 spiro atoms. The van der Waals surface area contributed by atoms with Crippen LogP contribution in [0.15, 0.2) is 54.6 Å². The highest BCUT2D eigenvalue weighted by Gasteiger charge is 2.39. The van der Waals surface area contributed by atoms with Crippen molar-refractivity contribution in [2.45, 2.75) is 0 Å². The van der Waals surface area contributed by atoms with Crippen molar-refractivity contribution in [1.29, 1.82) is 0 Å². The number of benzene rings is 2. The summed E-state index contributed by atoms with van der Waals surface area (Å²) in [6.07, 6.45) is 0. The van der Waals surface area contributed by atoms with Crippen molar-refractivity contribution in [3.8, 4) is 11.3 Å². The maximum atomic E-state index is 12.3. The molecular formula is C18H9ClN2O4S. The average Bonchev–Trinajstić information content (AvgIpc) is 3.22. The number of imide groups is 1. The molecule has 1 aromatic heterocycles. The molecule has 0 bridgehead atoms. The quantitative estimate of drug-likeness (QED) is 0.641. The van der Waals surface area contributed by atoms with Crippen molar-refractivity contribution in [3.05, 3.63) is 75.6 Å². The smallest absolute Gasteiger partial charge is 0.323 e. The van der Waals surface area contributed by atoms with Gasteiger partial charge < -0.3 is 4.84 Å². The van der Waals surface area contributed by atoms with Crippen molar-refractivity contribution < 1.29 is 19.2 Å². The minimum absolute atomic E-state index is 0.163. The van der Waals surface area contributed by atoms with E-state index in [0.29, 0.717) is 15.8 Å². The molecule has 0 saturated heterocycles. The van der Waals surface area contributed by atoms with E-state index >= 15 is 0 Å². The van der Waals surface area contributed by atoms with Crippen LogP contribution in [0.4, 0.5) is 0 Å². The van der Waals surface area contributed by atoms with Gasteiger partial charge in [0.05, 0.1) is 16.8 Å². The number of hydroxylamine groups is 2. The Hall–Kier alpha value is -3.03. The highest BCUT2D eigenvalue weighted by molar-refractivity contribution is 7.08. The second-order valence-electron chi connectivity index (χ2n) is 5.42. The first-order chi connectivity index (χ1) is 12.5. The lowest BCUT2D eigenvalue weighted by Crippen LogP contribution is -2.32. The van der Waals surface area contributed by atoms with E-state index < -0.39 is 17.8 Å². The summed E-state index contributed by atoms with van der Waals surface area (Å²) >= 11 is 6.87. The van der Waals surface area contributed by atoms with E-state index in [2.05, 4.69) is 4.37 Å². The Kier molecular flexibility index (Phi) is 4.02. The van der Waals surface area contributed by atoms with Crippen LogP contribution in [-0.4, -0.2) is 27.2 Å². The normalized spacial score (nSPS) is 13.0. The van der Waals surface area contributed by atoms with E-state index in [0.717, 1.165) is 17.1 Å². The van der Waals surface area contributed by atoms with Gasteiger partial charge in [-0.05, 0) is 41.9 Å². The van der Waals surface area contributed by atoms with E-state index in [1.807, 2.05) is 0 Å². The molecule has 2 amide bonds. The Morgan fingerprint density at radius 1 is 1.00 bits per heavy atom. The summed E-state index contributed by atoms with van der Waals surface area (Å²) in [6, 6.07) is 14.8. The number of carbonyl (C=O) groups excluding carboxylic acids is 3. The summed E-state index contributed by atoms with van der Waals surface area (Å²) in [4.78, 5) is 42.0. The van der Waals surface area contributed by atoms with Gasteiger partial charge in [0, 0.05) is 10.6 Å². The predicted octanol–water partition coefficient (Wildman–Crippen LogP) is 3.83. The van der Waals surface area contributed by atoms with Crippen LogP contribution >= 0.6 is 23.1 Å². The van der Waals surface area contributed by atoms with Gasteiger partial charge in [-0.3, -0.25) is 9.59 Å². The van der Waals surface area contributed by atoms with Crippen LogP contribution in [0.25, 0.3) is 11.3 Å². The summed E-state index contributed by atoms with van der Waals surface area (Å²) in [5, 5.41) is 1.02.